The summed E-state index contributed by atoms with van der Waals surface area (Å²) in [7, 11) is 0. The first-order valence-electron chi connectivity index (χ1n) is 10.9. The minimum Gasteiger partial charge on any atom is -0.486 e. The van der Waals surface area contributed by atoms with Crippen LogP contribution in [-0.4, -0.2) is 26.5 Å². The Labute approximate surface area is 192 Å². The number of ether oxygens (including phenoxy) is 1. The first-order valence-corrected chi connectivity index (χ1v) is 11.9. The Kier molecular flexibility index (Phi) is 6.99. The highest BCUT2D eigenvalue weighted by atomic mass is 32.2. The molecule has 0 saturated carbocycles. The van der Waals surface area contributed by atoms with Crippen molar-refractivity contribution in [1.29, 1.82) is 0 Å². The van der Waals surface area contributed by atoms with Crippen molar-refractivity contribution in [2.75, 3.05) is 11.6 Å². The second-order valence-corrected chi connectivity index (χ2v) is 9.22. The maximum Gasteiger partial charge on any atom is 0.230 e. The van der Waals surface area contributed by atoms with Crippen molar-refractivity contribution in [1.82, 2.24) is 20.2 Å². The fourth-order valence-electron chi connectivity index (χ4n) is 3.87. The van der Waals surface area contributed by atoms with Crippen LogP contribution in [0.4, 0.5) is 0 Å². The summed E-state index contributed by atoms with van der Waals surface area (Å²) in [5.74, 6) is 8.04. The molecule has 2 aromatic carbocycles. The van der Waals surface area contributed by atoms with E-state index in [2.05, 4.69) is 59.7 Å². The van der Waals surface area contributed by atoms with Gasteiger partial charge >= 0.3 is 0 Å². The smallest absolute Gasteiger partial charge is 0.230 e. The molecule has 4 rings (SSSR count). The predicted molar refractivity (Wildman–Crippen MR) is 126 cm³/mol. The number of nitrogens with two attached hydrogens (primary N) is 1. The molecule has 8 heteroatoms. The Morgan fingerprint density at radius 1 is 1.22 bits per heavy atom. The molecule has 1 aliphatic carbocycles. The Balaban J connectivity index is 1.29. The van der Waals surface area contributed by atoms with Crippen molar-refractivity contribution in [3.63, 3.8) is 0 Å². The number of nitrogens with zero attached hydrogens (tertiary/aromatic N) is 3. The molecule has 3 N–H and O–H groups in total. The zero-order chi connectivity index (χ0) is 22.5. The number of carbonyl (C=O) groups excluding carboxylic acids is 1. The van der Waals surface area contributed by atoms with Crippen LogP contribution < -0.4 is 15.9 Å². The molecule has 1 aliphatic rings. The number of nitrogens with one attached hydrogen (secondary N) is 1. The number of thioether (sulfide) groups is 1. The molecular formula is C24H29N5O2S. The van der Waals surface area contributed by atoms with Gasteiger partial charge in [-0.15, -0.1) is 10.2 Å². The van der Waals surface area contributed by atoms with Gasteiger partial charge in [0.25, 0.3) is 0 Å². The molecule has 7 nitrogen and oxygen atoms in total. The number of rotatable bonds is 8. The van der Waals surface area contributed by atoms with E-state index in [-0.39, 0.29) is 24.3 Å². The fraction of sp³-hybridized carbons (Fsp3) is 0.375. The summed E-state index contributed by atoms with van der Waals surface area (Å²) in [5, 5.41) is 11.9. The lowest BCUT2D eigenvalue weighted by Gasteiger charge is -2.26. The van der Waals surface area contributed by atoms with E-state index in [0.717, 1.165) is 25.0 Å². The first-order chi connectivity index (χ1) is 15.5. The van der Waals surface area contributed by atoms with Gasteiger partial charge in [0, 0.05) is 0 Å². The molecule has 1 aromatic heterocycles. The number of hydrogen-bond donors (Lipinski definition) is 2. The van der Waals surface area contributed by atoms with E-state index in [4.69, 9.17) is 10.6 Å². The highest BCUT2D eigenvalue weighted by molar-refractivity contribution is 7.99. The van der Waals surface area contributed by atoms with Gasteiger partial charge in [0.05, 0.1) is 11.8 Å². The SMILES string of the molecule is CC(C)c1ccc(OCc2nnc(SCC(=O)N[C@H]3CCCc4ccccc43)n2N)cc1. The van der Waals surface area contributed by atoms with E-state index in [1.54, 1.807) is 0 Å². The van der Waals surface area contributed by atoms with Gasteiger partial charge in [-0.05, 0) is 54.0 Å². The summed E-state index contributed by atoms with van der Waals surface area (Å²) in [6.07, 6.45) is 3.11. The molecule has 3 aromatic rings. The summed E-state index contributed by atoms with van der Waals surface area (Å²) in [6.45, 7) is 4.51. The quantitative estimate of drug-likeness (QED) is 0.397. The van der Waals surface area contributed by atoms with Gasteiger partial charge in [0.15, 0.2) is 5.82 Å². The van der Waals surface area contributed by atoms with Crippen LogP contribution in [0.1, 0.15) is 61.2 Å². The Bertz CT molecular complexity index is 1060. The highest BCUT2D eigenvalue weighted by Crippen LogP contribution is 2.29. The third kappa shape index (κ3) is 5.24. The van der Waals surface area contributed by atoms with Gasteiger partial charge in [-0.1, -0.05) is 62.0 Å². The molecule has 0 radical (unpaired) electrons. The molecule has 0 unspecified atom stereocenters. The van der Waals surface area contributed by atoms with E-state index in [1.807, 2.05) is 18.2 Å². The van der Waals surface area contributed by atoms with Gasteiger partial charge in [-0.3, -0.25) is 4.79 Å². The van der Waals surface area contributed by atoms with E-state index in [1.165, 1.54) is 33.1 Å². The summed E-state index contributed by atoms with van der Waals surface area (Å²) >= 11 is 1.27. The zero-order valence-electron chi connectivity index (χ0n) is 18.5. The molecule has 32 heavy (non-hydrogen) atoms. The van der Waals surface area contributed by atoms with Crippen LogP contribution in [-0.2, 0) is 17.8 Å². The lowest BCUT2D eigenvalue weighted by molar-refractivity contribution is -0.119. The van der Waals surface area contributed by atoms with Gasteiger partial charge in [0.1, 0.15) is 12.4 Å². The lowest BCUT2D eigenvalue weighted by Crippen LogP contribution is -2.32. The molecule has 1 heterocycles. The number of hydrogen-bond acceptors (Lipinski definition) is 6. The largest absolute Gasteiger partial charge is 0.486 e. The van der Waals surface area contributed by atoms with Crippen molar-refractivity contribution < 1.29 is 9.53 Å². The molecule has 0 saturated heterocycles. The number of aromatic nitrogens is 3. The molecule has 0 bridgehead atoms. The van der Waals surface area contributed by atoms with Crippen molar-refractivity contribution in [3.8, 4) is 5.75 Å². The van der Waals surface area contributed by atoms with Crippen LogP contribution in [0.15, 0.2) is 53.7 Å². The van der Waals surface area contributed by atoms with E-state index >= 15 is 0 Å². The van der Waals surface area contributed by atoms with Crippen LogP contribution in [0.3, 0.4) is 0 Å². The van der Waals surface area contributed by atoms with Gasteiger partial charge in [0.2, 0.25) is 11.1 Å². The van der Waals surface area contributed by atoms with E-state index in [9.17, 15) is 4.79 Å². The molecule has 1 atom stereocenters. The molecule has 168 valence electrons. The van der Waals surface area contributed by atoms with Gasteiger partial charge in [-0.2, -0.15) is 0 Å². The number of nitrogen functional groups attached to an aromatic ring is 1. The van der Waals surface area contributed by atoms with Crippen LogP contribution in [0.5, 0.6) is 5.75 Å². The normalized spacial score (nSPS) is 15.4. The Morgan fingerprint density at radius 2 is 2.00 bits per heavy atom. The third-order valence-electron chi connectivity index (χ3n) is 5.69. The predicted octanol–water partition coefficient (Wildman–Crippen LogP) is 3.98. The fourth-order valence-corrected chi connectivity index (χ4v) is 4.56. The van der Waals surface area contributed by atoms with Crippen molar-refractivity contribution >= 4 is 17.7 Å². The molecule has 0 spiro atoms. The van der Waals surface area contributed by atoms with Crippen molar-refractivity contribution in [3.05, 3.63) is 71.0 Å². The number of benzene rings is 2. The van der Waals surface area contributed by atoms with Crippen molar-refractivity contribution in [2.45, 2.75) is 56.8 Å². The van der Waals surface area contributed by atoms with Crippen LogP contribution in [0.25, 0.3) is 0 Å². The van der Waals surface area contributed by atoms with Gasteiger partial charge < -0.3 is 15.9 Å². The summed E-state index contributed by atoms with van der Waals surface area (Å²) in [5.41, 5.74) is 3.80. The van der Waals surface area contributed by atoms with Gasteiger partial charge in [-0.25, -0.2) is 4.68 Å². The number of carbonyl (C=O) groups is 1. The molecular weight excluding hydrogens is 422 g/mol. The monoisotopic (exact) mass is 451 g/mol. The number of fused-ring (bicyclic) bond motifs is 1. The van der Waals surface area contributed by atoms with Crippen LogP contribution in [0, 0.1) is 0 Å². The second kappa shape index (κ2) is 10.1. The average molecular weight is 452 g/mol. The minimum atomic E-state index is -0.0391. The maximum atomic E-state index is 12.5. The summed E-state index contributed by atoms with van der Waals surface area (Å²) in [4.78, 5) is 12.5. The second-order valence-electron chi connectivity index (χ2n) is 8.28. The minimum absolute atomic E-state index is 0.0391. The Morgan fingerprint density at radius 3 is 2.78 bits per heavy atom. The lowest BCUT2D eigenvalue weighted by atomic mass is 9.88. The number of aryl methyl sites for hydroxylation is 1. The first kappa shape index (κ1) is 22.2. The standard InChI is InChI=1S/C24H29N5O2S/c1-16(2)17-10-12-19(13-11-17)31-14-22-27-28-24(29(22)25)32-15-23(30)26-21-9-5-7-18-6-3-4-8-20(18)21/h3-4,6,8,10-13,16,21H,5,7,9,14-15,25H2,1-2H3,(H,26,30)/t21-/m0/s1. The zero-order valence-corrected chi connectivity index (χ0v) is 19.3. The van der Waals surface area contributed by atoms with Crippen LogP contribution in [0.2, 0.25) is 0 Å². The van der Waals surface area contributed by atoms with Crippen LogP contribution >= 0.6 is 11.8 Å². The summed E-state index contributed by atoms with van der Waals surface area (Å²) < 4.78 is 7.17. The average Bonchev–Trinajstić information content (AvgIpc) is 3.16. The topological polar surface area (TPSA) is 95.1 Å². The number of amides is 1. The highest BCUT2D eigenvalue weighted by Gasteiger charge is 2.22. The van der Waals surface area contributed by atoms with Crippen molar-refractivity contribution in [2.24, 2.45) is 0 Å². The molecule has 0 aliphatic heterocycles. The maximum absolute atomic E-state index is 12.5. The third-order valence-corrected chi connectivity index (χ3v) is 6.63. The summed E-state index contributed by atoms with van der Waals surface area (Å²) in [6, 6.07) is 16.4. The Hall–Kier alpha value is -3.00. The van der Waals surface area contributed by atoms with E-state index < -0.39 is 0 Å². The van der Waals surface area contributed by atoms with E-state index in [0.29, 0.717) is 16.9 Å². The molecule has 1 amide bonds. The molecule has 0 fully saturated rings.